The molecule has 0 amide bonds. The van der Waals surface area contributed by atoms with Gasteiger partial charge < -0.3 is 33.5 Å². The zero-order chi connectivity index (χ0) is 39.4. The van der Waals surface area contributed by atoms with Crippen molar-refractivity contribution in [1.29, 1.82) is 0 Å². The number of carbonyl (C=O) groups excluding carboxylic acids is 2. The van der Waals surface area contributed by atoms with Gasteiger partial charge in [0.25, 0.3) is 0 Å². The molecule has 0 unspecified atom stereocenters. The lowest BCUT2D eigenvalue weighted by molar-refractivity contribution is -0.160. The first kappa shape index (κ1) is 39.7. The average molecular weight is 766 g/mol. The van der Waals surface area contributed by atoms with E-state index in [1.165, 1.54) is 13.3 Å². The predicted molar refractivity (Wildman–Crippen MR) is 212 cm³/mol. The SMILES string of the molecule is COc1ccc(C(Nc2ncnc3c2ncn3[C@@H]2O[C@H](CO[Si](C)(C)C(C)(C)C)[C@@H](OC)[C@H]2OC(=O)CCC(C)=O)(c2ccccc2)c2ccccc2)cc1. The molecule has 0 saturated carbocycles. The van der Waals surface area contributed by atoms with Gasteiger partial charge in [0, 0.05) is 13.5 Å². The summed E-state index contributed by atoms with van der Waals surface area (Å²) in [6, 6.07) is 28.3. The number of ether oxygens (including phenoxy) is 4. The summed E-state index contributed by atoms with van der Waals surface area (Å²) >= 11 is 0. The summed E-state index contributed by atoms with van der Waals surface area (Å²) in [7, 11) is 1.03. The van der Waals surface area contributed by atoms with Crippen LogP contribution in [0.25, 0.3) is 11.2 Å². The minimum atomic E-state index is -2.18. The maximum absolute atomic E-state index is 13.2. The molecule has 290 valence electrons. The number of rotatable bonds is 15. The third kappa shape index (κ3) is 8.20. The van der Waals surface area contributed by atoms with Gasteiger partial charge in [0.1, 0.15) is 35.6 Å². The van der Waals surface area contributed by atoms with Gasteiger partial charge in [-0.25, -0.2) is 15.0 Å². The number of ketones is 1. The van der Waals surface area contributed by atoms with E-state index in [-0.39, 0.29) is 30.3 Å². The van der Waals surface area contributed by atoms with Crippen molar-refractivity contribution in [3.05, 3.63) is 114 Å². The molecule has 0 spiro atoms. The highest BCUT2D eigenvalue weighted by Gasteiger charge is 2.50. The summed E-state index contributed by atoms with van der Waals surface area (Å²) < 4.78 is 32.6. The number of Topliss-reactive ketones (excluding diaryl/α,β-unsaturated/α-hetero) is 1. The van der Waals surface area contributed by atoms with E-state index in [1.54, 1.807) is 25.1 Å². The zero-order valence-corrected chi connectivity index (χ0v) is 33.8. The van der Waals surface area contributed by atoms with E-state index < -0.39 is 44.4 Å². The molecule has 1 saturated heterocycles. The van der Waals surface area contributed by atoms with E-state index in [0.717, 1.165) is 22.4 Å². The Kier molecular flexibility index (Phi) is 11.9. The number of nitrogens with one attached hydrogen (secondary N) is 1. The Balaban J connectivity index is 1.44. The fourth-order valence-corrected chi connectivity index (χ4v) is 7.73. The molecule has 1 aliphatic rings. The van der Waals surface area contributed by atoms with Crippen molar-refractivity contribution in [3.63, 3.8) is 0 Å². The third-order valence-electron chi connectivity index (χ3n) is 10.8. The molecular weight excluding hydrogens is 715 g/mol. The second kappa shape index (κ2) is 16.4. The summed E-state index contributed by atoms with van der Waals surface area (Å²) in [5, 5.41) is 3.78. The Morgan fingerprint density at radius 2 is 1.45 bits per heavy atom. The normalized spacial score (nSPS) is 19.0. The topological polar surface area (TPSA) is 136 Å². The van der Waals surface area contributed by atoms with E-state index in [1.807, 2.05) is 60.7 Å². The first-order valence-corrected chi connectivity index (χ1v) is 21.4. The minimum Gasteiger partial charge on any atom is -0.497 e. The van der Waals surface area contributed by atoms with Gasteiger partial charge in [-0.15, -0.1) is 0 Å². The van der Waals surface area contributed by atoms with Crippen LogP contribution < -0.4 is 10.1 Å². The number of aromatic nitrogens is 4. The van der Waals surface area contributed by atoms with Crippen LogP contribution in [0.3, 0.4) is 0 Å². The lowest BCUT2D eigenvalue weighted by atomic mass is 9.77. The molecule has 6 rings (SSSR count). The van der Waals surface area contributed by atoms with Gasteiger partial charge in [0.15, 0.2) is 37.6 Å². The van der Waals surface area contributed by atoms with Crippen LogP contribution in [0.1, 0.15) is 63.5 Å². The lowest BCUT2D eigenvalue weighted by Gasteiger charge is -2.37. The standard InChI is InChI=1S/C42H51N5O7Si/c1-28(48)19-24-34(49)54-37-36(51-6)33(25-52-55(7,8)41(2,3)4)53-40(37)47-27-45-35-38(43-26-44-39(35)47)46-42(29-15-11-9-12-16-29,30-17-13-10-14-18-30)31-20-22-32(50-5)23-21-31/h9-18,20-23,26-27,33,36-37,40H,19,24-25H2,1-8H3,(H,43,44,46)/t33-,36-,37-,40-/m1/s1. The molecule has 3 aromatic carbocycles. The first-order chi connectivity index (χ1) is 26.3. The zero-order valence-electron chi connectivity index (χ0n) is 32.8. The fourth-order valence-electron chi connectivity index (χ4n) is 6.71. The van der Waals surface area contributed by atoms with Crippen LogP contribution in [0.2, 0.25) is 18.1 Å². The number of fused-ring (bicyclic) bond motifs is 1. The molecule has 1 aliphatic heterocycles. The average Bonchev–Trinajstić information content (AvgIpc) is 3.77. The molecule has 3 heterocycles. The summed E-state index contributed by atoms with van der Waals surface area (Å²) in [5.41, 5.74) is 2.90. The van der Waals surface area contributed by atoms with Gasteiger partial charge in [0.2, 0.25) is 0 Å². The van der Waals surface area contributed by atoms with Crippen molar-refractivity contribution in [2.75, 3.05) is 26.1 Å². The molecule has 0 aliphatic carbocycles. The molecule has 1 fully saturated rings. The van der Waals surface area contributed by atoms with Crippen LogP contribution in [0.15, 0.2) is 97.6 Å². The second-order valence-corrected chi connectivity index (χ2v) is 20.2. The number of methoxy groups -OCH3 is 2. The maximum atomic E-state index is 13.2. The van der Waals surface area contributed by atoms with Crippen LogP contribution in [0, 0.1) is 0 Å². The van der Waals surface area contributed by atoms with Gasteiger partial charge in [-0.2, -0.15) is 0 Å². The fraction of sp³-hybridized carbons (Fsp3) is 0.405. The minimum absolute atomic E-state index is 0.0342. The van der Waals surface area contributed by atoms with E-state index in [9.17, 15) is 9.59 Å². The Bertz CT molecular complexity index is 2030. The number of carbonyl (C=O) groups is 2. The van der Waals surface area contributed by atoms with Crippen molar-refractivity contribution in [2.45, 2.75) is 88.7 Å². The maximum Gasteiger partial charge on any atom is 0.306 e. The van der Waals surface area contributed by atoms with Crippen LogP contribution in [-0.2, 0) is 33.8 Å². The number of nitrogens with zero attached hydrogens (tertiary/aromatic N) is 4. The van der Waals surface area contributed by atoms with Crippen LogP contribution >= 0.6 is 0 Å². The highest BCUT2D eigenvalue weighted by atomic mass is 28.4. The molecule has 0 radical (unpaired) electrons. The van der Waals surface area contributed by atoms with Gasteiger partial charge in [0.05, 0.1) is 26.5 Å². The monoisotopic (exact) mass is 765 g/mol. The Morgan fingerprint density at radius 1 is 0.836 bits per heavy atom. The van der Waals surface area contributed by atoms with Crippen molar-refractivity contribution >= 4 is 37.1 Å². The highest BCUT2D eigenvalue weighted by molar-refractivity contribution is 6.74. The largest absolute Gasteiger partial charge is 0.497 e. The van der Waals surface area contributed by atoms with E-state index in [4.69, 9.17) is 33.3 Å². The Hall–Kier alpha value is -4.95. The molecule has 5 aromatic rings. The van der Waals surface area contributed by atoms with E-state index in [0.29, 0.717) is 17.0 Å². The third-order valence-corrected chi connectivity index (χ3v) is 15.3. The van der Waals surface area contributed by atoms with Gasteiger partial charge in [-0.1, -0.05) is 93.6 Å². The van der Waals surface area contributed by atoms with Crippen LogP contribution in [0.5, 0.6) is 5.75 Å². The number of hydrogen-bond donors (Lipinski definition) is 1. The predicted octanol–water partition coefficient (Wildman–Crippen LogP) is 7.45. The number of imidazole rings is 1. The molecule has 4 atom stereocenters. The molecule has 2 aromatic heterocycles. The van der Waals surface area contributed by atoms with Crippen LogP contribution in [0.4, 0.5) is 5.82 Å². The van der Waals surface area contributed by atoms with Crippen molar-refractivity contribution in [3.8, 4) is 5.75 Å². The molecule has 1 N–H and O–H groups in total. The first-order valence-electron chi connectivity index (χ1n) is 18.5. The van der Waals surface area contributed by atoms with Crippen molar-refractivity contribution < 1.29 is 33.0 Å². The summed E-state index contributed by atoms with van der Waals surface area (Å²) in [6.45, 7) is 12.5. The summed E-state index contributed by atoms with van der Waals surface area (Å²) in [5.74, 6) is 0.575. The summed E-state index contributed by atoms with van der Waals surface area (Å²) in [4.78, 5) is 39.2. The smallest absolute Gasteiger partial charge is 0.306 e. The molecule has 13 heteroatoms. The Morgan fingerprint density at radius 3 is 2.02 bits per heavy atom. The van der Waals surface area contributed by atoms with Gasteiger partial charge in [-0.05, 0) is 53.9 Å². The molecule has 55 heavy (non-hydrogen) atoms. The van der Waals surface area contributed by atoms with Gasteiger partial charge in [-0.3, -0.25) is 9.36 Å². The number of hydrogen-bond acceptors (Lipinski definition) is 11. The van der Waals surface area contributed by atoms with E-state index >= 15 is 0 Å². The highest BCUT2D eigenvalue weighted by Crippen LogP contribution is 2.43. The quantitative estimate of drug-likeness (QED) is 0.0647. The van der Waals surface area contributed by atoms with Crippen molar-refractivity contribution in [2.24, 2.45) is 0 Å². The number of benzene rings is 3. The second-order valence-electron chi connectivity index (χ2n) is 15.4. The lowest BCUT2D eigenvalue weighted by Crippen LogP contribution is -2.45. The van der Waals surface area contributed by atoms with Crippen LogP contribution in [-0.4, -0.2) is 78.7 Å². The molecule has 12 nitrogen and oxygen atoms in total. The molecular formula is C42H51N5O7Si. The Labute approximate surface area is 323 Å². The van der Waals surface area contributed by atoms with E-state index in [2.05, 4.69) is 68.4 Å². The van der Waals surface area contributed by atoms with Crippen molar-refractivity contribution in [1.82, 2.24) is 19.5 Å². The molecule has 0 bridgehead atoms. The number of anilines is 1. The summed E-state index contributed by atoms with van der Waals surface area (Å²) in [6.07, 6.45) is 0.0869. The van der Waals surface area contributed by atoms with Gasteiger partial charge >= 0.3 is 5.97 Å². The number of esters is 1.